The number of carbonyl (C=O) groups excluding carboxylic acids is 8. The summed E-state index contributed by atoms with van der Waals surface area (Å²) in [5.41, 5.74) is 0.715. The molecule has 2 saturated heterocycles. The lowest BCUT2D eigenvalue weighted by molar-refractivity contribution is -0.221. The molecule has 558 valence electrons. The van der Waals surface area contributed by atoms with Crippen LogP contribution in [0.25, 0.3) is 0 Å². The van der Waals surface area contributed by atoms with Gasteiger partial charge in [0.15, 0.2) is 12.7 Å². The molecule has 0 aromatic heterocycles. The van der Waals surface area contributed by atoms with E-state index in [4.69, 9.17) is 33.2 Å². The lowest BCUT2D eigenvalue weighted by Crippen LogP contribution is -2.62. The second-order valence-electron chi connectivity index (χ2n) is 33.8. The third-order valence-electron chi connectivity index (χ3n) is 24.2. The highest BCUT2D eigenvalue weighted by atomic mass is 19.4. The van der Waals surface area contributed by atoms with Gasteiger partial charge in [-0.3, -0.25) is 4.79 Å². The zero-order chi connectivity index (χ0) is 73.9. The number of alkyl halides is 3. The van der Waals surface area contributed by atoms with Crippen molar-refractivity contribution in [2.45, 2.75) is 289 Å². The molecule has 17 rings (SSSR count). The van der Waals surface area contributed by atoms with Crippen molar-refractivity contribution < 1.29 is 94.5 Å². The number of rotatable bonds is 16. The van der Waals surface area contributed by atoms with E-state index in [1.54, 1.807) is 27.7 Å². The molecule has 0 radical (unpaired) electrons. The monoisotopic (exact) mass is 1400 g/mol. The Labute approximate surface area is 591 Å². The van der Waals surface area contributed by atoms with Gasteiger partial charge in [0.1, 0.15) is 34.6 Å². The summed E-state index contributed by atoms with van der Waals surface area (Å²) in [5, 5.41) is 10.5. The van der Waals surface area contributed by atoms with E-state index in [1.165, 1.54) is 84.5 Å². The number of carbonyl (C=O) groups is 8. The van der Waals surface area contributed by atoms with Crippen molar-refractivity contribution >= 4 is 47.8 Å². The van der Waals surface area contributed by atoms with Gasteiger partial charge in [0.25, 0.3) is 0 Å². The molecule has 8 unspecified atom stereocenters. The van der Waals surface area contributed by atoms with Crippen LogP contribution in [-0.4, -0.2) is 112 Å². The molecule has 2 aliphatic heterocycles. The van der Waals surface area contributed by atoms with Crippen LogP contribution in [0.15, 0.2) is 72.9 Å². The SMILES string of the molecule is C=C(C)C(=O)OC(C)C(F)(F)F.C=C(C)C(=O)OC1(C(C)C)C2CC3CC(C2)CC1C3.C=C(C)C(=O)OC1(C(C)C)CCCC1.C=C(C)C(=O)OC12CC3CC(CC(C3)C1)C2.C=C(C)C(=O)OC12CC3CC(CC(O)(C3)C1)C2.C=C(C)C(=O)OCC(=O)OC1C2CC3CC(C2)C(=O)OC1C3. The van der Waals surface area contributed by atoms with Crippen molar-refractivity contribution in [3.05, 3.63) is 72.9 Å². The summed E-state index contributed by atoms with van der Waals surface area (Å²) >= 11 is 0. The first-order valence-corrected chi connectivity index (χ1v) is 37.0. The maximum Gasteiger partial charge on any atom is 0.425 e. The van der Waals surface area contributed by atoms with Gasteiger partial charge in [-0.05, 0) is 274 Å². The van der Waals surface area contributed by atoms with Crippen LogP contribution in [0.5, 0.6) is 0 Å². The highest BCUT2D eigenvalue weighted by molar-refractivity contribution is 5.90. The Hall–Kier alpha value is -6.05. The Morgan fingerprint density at radius 2 is 0.920 bits per heavy atom. The van der Waals surface area contributed by atoms with Gasteiger partial charge in [-0.25, -0.2) is 33.6 Å². The molecule has 17 aliphatic rings. The number of hydrogen-bond donors (Lipinski definition) is 1. The van der Waals surface area contributed by atoms with E-state index in [1.807, 2.05) is 0 Å². The van der Waals surface area contributed by atoms with Gasteiger partial charge in [-0.15, -0.1) is 0 Å². The lowest BCUT2D eigenvalue weighted by atomic mass is 9.47. The number of fused-ring (bicyclic) bond motifs is 1. The van der Waals surface area contributed by atoms with Crippen molar-refractivity contribution in [2.24, 2.45) is 82.9 Å². The molecule has 15 aliphatic carbocycles. The minimum Gasteiger partial charge on any atom is -0.458 e. The van der Waals surface area contributed by atoms with Gasteiger partial charge in [0, 0.05) is 45.8 Å². The van der Waals surface area contributed by atoms with Crippen LogP contribution in [0.4, 0.5) is 13.2 Å². The van der Waals surface area contributed by atoms with E-state index in [0.717, 1.165) is 120 Å². The molecule has 15 saturated carbocycles. The van der Waals surface area contributed by atoms with Crippen molar-refractivity contribution in [2.75, 3.05) is 6.61 Å². The molecule has 20 heteroatoms. The van der Waals surface area contributed by atoms with Gasteiger partial charge >= 0.3 is 53.9 Å². The average Bonchev–Trinajstić information content (AvgIpc) is 0.898. The molecule has 0 aromatic rings. The van der Waals surface area contributed by atoms with Crippen molar-refractivity contribution in [1.29, 1.82) is 0 Å². The van der Waals surface area contributed by atoms with Crippen LogP contribution in [-0.2, 0) is 76.3 Å². The molecular weight excluding hydrogens is 1290 g/mol. The largest absolute Gasteiger partial charge is 0.458 e. The van der Waals surface area contributed by atoms with Crippen molar-refractivity contribution in [1.82, 2.24) is 0 Å². The third-order valence-corrected chi connectivity index (χ3v) is 24.2. The van der Waals surface area contributed by atoms with Crippen LogP contribution in [0.2, 0.25) is 0 Å². The summed E-state index contributed by atoms with van der Waals surface area (Å²) in [5.74, 6) is 4.62. The fourth-order valence-corrected chi connectivity index (χ4v) is 20.6. The van der Waals surface area contributed by atoms with E-state index in [2.05, 4.69) is 71.9 Å². The number of hydrogen-bond acceptors (Lipinski definition) is 17. The Morgan fingerprint density at radius 3 is 1.36 bits per heavy atom. The fraction of sp³-hybridized carbons (Fsp3) is 0.750. The van der Waals surface area contributed by atoms with Crippen LogP contribution in [0.1, 0.15) is 237 Å². The van der Waals surface area contributed by atoms with Gasteiger partial charge in [0.2, 0.25) is 0 Å². The molecule has 0 spiro atoms. The average molecular weight is 1410 g/mol. The summed E-state index contributed by atoms with van der Waals surface area (Å²) in [6.07, 6.45) is 19.8. The molecule has 100 heavy (non-hydrogen) atoms. The summed E-state index contributed by atoms with van der Waals surface area (Å²) in [6.45, 7) is 40.0. The highest BCUT2D eigenvalue weighted by Gasteiger charge is 2.62. The normalized spacial score (nSPS) is 35.6. The maximum absolute atomic E-state index is 12.1. The molecule has 0 amide bonds. The smallest absolute Gasteiger partial charge is 0.425 e. The summed E-state index contributed by atoms with van der Waals surface area (Å²) in [4.78, 5) is 92.7. The number of halogens is 3. The first-order chi connectivity index (χ1) is 46.6. The topological polar surface area (TPSA) is 231 Å². The first-order valence-electron chi connectivity index (χ1n) is 37.0. The molecule has 17 nitrogen and oxygen atoms in total. The number of esters is 8. The second kappa shape index (κ2) is 31.9. The van der Waals surface area contributed by atoms with E-state index < -0.39 is 54.1 Å². The van der Waals surface area contributed by atoms with Crippen LogP contribution in [0, 0.1) is 82.9 Å². The highest BCUT2D eigenvalue weighted by Crippen LogP contribution is 2.63. The Morgan fingerprint density at radius 1 is 0.500 bits per heavy atom. The molecule has 1 N–H and O–H groups in total. The quantitative estimate of drug-likeness (QED) is 0.0860. The van der Waals surface area contributed by atoms with Crippen LogP contribution >= 0.6 is 0 Å². The van der Waals surface area contributed by atoms with E-state index in [0.29, 0.717) is 70.1 Å². The third kappa shape index (κ3) is 19.2. The Balaban J connectivity index is 0.000000154. The Kier molecular flexibility index (Phi) is 25.4. The second-order valence-corrected chi connectivity index (χ2v) is 33.8. The van der Waals surface area contributed by atoms with Crippen molar-refractivity contribution in [3.63, 3.8) is 0 Å². The zero-order valence-electron chi connectivity index (χ0n) is 61.6. The fourth-order valence-electron chi connectivity index (χ4n) is 20.6. The van der Waals surface area contributed by atoms with Crippen LogP contribution in [0.3, 0.4) is 0 Å². The minimum atomic E-state index is -4.51. The minimum absolute atomic E-state index is 0.0499. The standard InChI is InChI=1S/C17H26O2.C16H20O6.C14H20O3.C14H20O2.C12H20O2.C7H9F3O2/c1-10(2)16(18)19-17(11(3)4)14-6-12-5-13(8-14)9-15(17)7-12;1-8(2)15(18)20-7-13(17)22-14-10-3-9-4-11(6-10)16(19)21-12(14)5-9;1-9(2)12(15)17-14-6-10-3-11(7-14)5-13(16,4-10)8-14;1-9(2)13(15)16-14-6-10-3-11(7-14)5-12(4-10)8-14;1-9(2)11(13)14-12(10(3)4)7-5-6-8-12;1-4(2)6(11)12-5(3)7(8,9)10/h11-15H,1,5-9H2,2-4H3;9-12,14H,1,3-7H2,2H3;10-11,16H,1,3-8H2,2H3;10-12H,1,3-8H2,2H3;10H,1,5-8H2,2-4H3;5H,1H2,2-3H3. The van der Waals surface area contributed by atoms with Gasteiger partial charge in [-0.2, -0.15) is 13.2 Å². The number of ether oxygens (including phenoxy) is 8. The number of aliphatic hydroxyl groups is 1. The predicted molar refractivity (Wildman–Crippen MR) is 368 cm³/mol. The molecule has 0 aromatic carbocycles. The molecular formula is C80H115F3O17. The lowest BCUT2D eigenvalue weighted by Gasteiger charge is -2.61. The first kappa shape index (κ1) is 79.6. The zero-order valence-corrected chi connectivity index (χ0v) is 61.6. The summed E-state index contributed by atoms with van der Waals surface area (Å²) in [7, 11) is 0. The molecule has 8 atom stereocenters. The molecule has 17 fully saturated rings. The predicted octanol–water partition coefficient (Wildman–Crippen LogP) is 15.7. The Bertz CT molecular complexity index is 3070. The van der Waals surface area contributed by atoms with Crippen LogP contribution < -0.4 is 0 Å². The van der Waals surface area contributed by atoms with E-state index in [9.17, 15) is 56.6 Å². The maximum atomic E-state index is 12.1. The summed E-state index contributed by atoms with van der Waals surface area (Å²) in [6, 6.07) is 0. The van der Waals surface area contributed by atoms with Gasteiger partial charge < -0.3 is 43.0 Å². The van der Waals surface area contributed by atoms with Crippen molar-refractivity contribution in [3.8, 4) is 0 Å². The summed E-state index contributed by atoms with van der Waals surface area (Å²) < 4.78 is 78.2. The van der Waals surface area contributed by atoms with Gasteiger partial charge in [-0.1, -0.05) is 67.2 Å². The van der Waals surface area contributed by atoms with E-state index in [-0.39, 0.29) is 75.7 Å². The van der Waals surface area contributed by atoms with Gasteiger partial charge in [0.05, 0.1) is 11.5 Å². The molecule has 2 heterocycles. The van der Waals surface area contributed by atoms with E-state index >= 15 is 0 Å². The molecule has 16 bridgehead atoms.